The van der Waals surface area contributed by atoms with Gasteiger partial charge in [0, 0.05) is 12.3 Å². The maximum atomic E-state index is 9.85. The van der Waals surface area contributed by atoms with Crippen LogP contribution >= 0.6 is 11.8 Å². The first kappa shape index (κ1) is 11.0. The molecular formula is C10H17N3OS. The molecule has 1 aromatic rings. The quantitative estimate of drug-likeness (QED) is 0.832. The second-order valence-electron chi connectivity index (χ2n) is 4.10. The Hall–Kier alpha value is -0.550. The Morgan fingerprint density at radius 2 is 2.07 bits per heavy atom. The molecule has 1 aliphatic carbocycles. The average Bonchev–Trinajstić information content (AvgIpc) is 2.53. The molecular weight excluding hydrogens is 210 g/mol. The number of hydrogen-bond donors (Lipinski definition) is 1. The van der Waals surface area contributed by atoms with Gasteiger partial charge in [-0.1, -0.05) is 24.6 Å². The van der Waals surface area contributed by atoms with Gasteiger partial charge in [-0.3, -0.25) is 0 Å². The van der Waals surface area contributed by atoms with Crippen molar-refractivity contribution in [3.05, 3.63) is 5.82 Å². The van der Waals surface area contributed by atoms with E-state index in [0.29, 0.717) is 5.25 Å². The minimum atomic E-state index is -0.180. The van der Waals surface area contributed by atoms with Crippen LogP contribution in [0, 0.1) is 6.92 Å². The van der Waals surface area contributed by atoms with Crippen molar-refractivity contribution in [1.82, 2.24) is 14.8 Å². The van der Waals surface area contributed by atoms with Crippen LogP contribution in [0.1, 0.15) is 31.5 Å². The monoisotopic (exact) mass is 227 g/mol. The molecule has 0 amide bonds. The molecule has 0 bridgehead atoms. The lowest BCUT2D eigenvalue weighted by Gasteiger charge is -2.26. The molecule has 1 saturated carbocycles. The fraction of sp³-hybridized carbons (Fsp3) is 0.800. The summed E-state index contributed by atoms with van der Waals surface area (Å²) in [7, 11) is 1.97. The van der Waals surface area contributed by atoms with Gasteiger partial charge in [0.1, 0.15) is 5.82 Å². The third-order valence-corrected chi connectivity index (χ3v) is 4.40. The first-order valence-corrected chi connectivity index (χ1v) is 6.27. The van der Waals surface area contributed by atoms with Gasteiger partial charge in [-0.25, -0.2) is 0 Å². The largest absolute Gasteiger partial charge is 0.392 e. The Balaban J connectivity index is 2.04. The molecule has 2 rings (SSSR count). The maximum absolute atomic E-state index is 9.85. The zero-order valence-corrected chi connectivity index (χ0v) is 10.00. The number of hydrogen-bond acceptors (Lipinski definition) is 4. The molecule has 84 valence electrons. The molecule has 1 aromatic heterocycles. The van der Waals surface area contributed by atoms with Crippen molar-refractivity contribution >= 4 is 11.8 Å². The van der Waals surface area contributed by atoms with E-state index in [1.54, 1.807) is 11.8 Å². The lowest BCUT2D eigenvalue weighted by Crippen LogP contribution is -2.27. The van der Waals surface area contributed by atoms with E-state index in [-0.39, 0.29) is 6.10 Å². The molecule has 1 fully saturated rings. The number of aliphatic hydroxyl groups excluding tert-OH is 1. The molecule has 5 heteroatoms. The predicted octanol–water partition coefficient (Wildman–Crippen LogP) is 1.52. The summed E-state index contributed by atoms with van der Waals surface area (Å²) in [4.78, 5) is 0. The predicted molar refractivity (Wildman–Crippen MR) is 59.9 cm³/mol. The topological polar surface area (TPSA) is 50.9 Å². The van der Waals surface area contributed by atoms with Gasteiger partial charge in [-0.2, -0.15) is 0 Å². The summed E-state index contributed by atoms with van der Waals surface area (Å²) in [6.07, 6.45) is 4.19. The van der Waals surface area contributed by atoms with E-state index >= 15 is 0 Å². The molecule has 1 aliphatic rings. The molecule has 15 heavy (non-hydrogen) atoms. The molecule has 0 radical (unpaired) electrons. The van der Waals surface area contributed by atoms with Gasteiger partial charge in [-0.05, 0) is 19.8 Å². The van der Waals surface area contributed by atoms with Crippen molar-refractivity contribution in [1.29, 1.82) is 0 Å². The number of rotatable bonds is 2. The summed E-state index contributed by atoms with van der Waals surface area (Å²) in [5.41, 5.74) is 0. The average molecular weight is 227 g/mol. The Morgan fingerprint density at radius 3 is 2.67 bits per heavy atom. The summed E-state index contributed by atoms with van der Waals surface area (Å²) < 4.78 is 1.98. The maximum Gasteiger partial charge on any atom is 0.191 e. The van der Waals surface area contributed by atoms with E-state index in [0.717, 1.165) is 30.2 Å². The van der Waals surface area contributed by atoms with Crippen LogP contribution in [0.3, 0.4) is 0 Å². The second-order valence-corrected chi connectivity index (χ2v) is 5.30. The van der Waals surface area contributed by atoms with Crippen LogP contribution in [0.4, 0.5) is 0 Å². The van der Waals surface area contributed by atoms with Crippen LogP contribution in [-0.2, 0) is 7.05 Å². The smallest absolute Gasteiger partial charge is 0.191 e. The number of aliphatic hydroxyl groups is 1. The van der Waals surface area contributed by atoms with Gasteiger partial charge >= 0.3 is 0 Å². The normalized spacial score (nSPS) is 26.9. The molecule has 0 aliphatic heterocycles. The highest BCUT2D eigenvalue weighted by Crippen LogP contribution is 2.32. The van der Waals surface area contributed by atoms with E-state index in [1.165, 1.54) is 6.42 Å². The van der Waals surface area contributed by atoms with Crippen molar-refractivity contribution in [2.45, 2.75) is 49.1 Å². The van der Waals surface area contributed by atoms with Crippen LogP contribution in [0.5, 0.6) is 0 Å². The first-order chi connectivity index (χ1) is 7.18. The molecule has 2 atom stereocenters. The second kappa shape index (κ2) is 4.53. The Kier molecular flexibility index (Phi) is 3.31. The fourth-order valence-electron chi connectivity index (χ4n) is 1.84. The van der Waals surface area contributed by atoms with E-state index in [4.69, 9.17) is 0 Å². The Labute approximate surface area is 94.1 Å². The first-order valence-electron chi connectivity index (χ1n) is 5.39. The number of nitrogens with zero attached hydrogens (tertiary/aromatic N) is 3. The highest BCUT2D eigenvalue weighted by Gasteiger charge is 2.25. The lowest BCUT2D eigenvalue weighted by molar-refractivity contribution is 0.137. The van der Waals surface area contributed by atoms with Crippen molar-refractivity contribution in [3.8, 4) is 0 Å². The number of aryl methyl sites for hydroxylation is 1. The van der Waals surface area contributed by atoms with Crippen molar-refractivity contribution in [2.75, 3.05) is 0 Å². The third-order valence-electron chi connectivity index (χ3n) is 2.98. The van der Waals surface area contributed by atoms with Crippen molar-refractivity contribution in [3.63, 3.8) is 0 Å². The van der Waals surface area contributed by atoms with Crippen LogP contribution in [-0.4, -0.2) is 31.2 Å². The fourth-order valence-corrected chi connectivity index (χ4v) is 3.07. The van der Waals surface area contributed by atoms with Gasteiger partial charge in [0.25, 0.3) is 0 Å². The molecule has 4 nitrogen and oxygen atoms in total. The third kappa shape index (κ3) is 2.34. The van der Waals surface area contributed by atoms with Crippen LogP contribution < -0.4 is 0 Å². The summed E-state index contributed by atoms with van der Waals surface area (Å²) in [5.74, 6) is 0.919. The summed E-state index contributed by atoms with van der Waals surface area (Å²) in [6, 6.07) is 0. The van der Waals surface area contributed by atoms with Crippen LogP contribution in [0.2, 0.25) is 0 Å². The van der Waals surface area contributed by atoms with Gasteiger partial charge in [0.05, 0.1) is 6.10 Å². The molecule has 1 heterocycles. The molecule has 0 spiro atoms. The van der Waals surface area contributed by atoms with Gasteiger partial charge in [0.15, 0.2) is 5.16 Å². The minimum absolute atomic E-state index is 0.180. The van der Waals surface area contributed by atoms with Gasteiger partial charge in [0.2, 0.25) is 0 Å². The number of thioether (sulfide) groups is 1. The van der Waals surface area contributed by atoms with Crippen molar-refractivity contribution < 1.29 is 5.11 Å². The standard InChI is InChI=1S/C10H17N3OS/c1-7-11-12-10(13(7)2)15-9-6-4-3-5-8(9)14/h8-9,14H,3-6H2,1-2H3/t8-,9-/m0/s1. The Bertz CT molecular complexity index is 339. The lowest BCUT2D eigenvalue weighted by atomic mass is 9.97. The van der Waals surface area contributed by atoms with Crippen LogP contribution in [0.25, 0.3) is 0 Å². The minimum Gasteiger partial charge on any atom is -0.392 e. The SMILES string of the molecule is Cc1nnc(S[C@H]2CCCC[C@@H]2O)n1C. The summed E-state index contributed by atoms with van der Waals surface area (Å²) in [5, 5.41) is 19.2. The molecule has 0 aromatic carbocycles. The molecule has 0 unspecified atom stereocenters. The zero-order chi connectivity index (χ0) is 10.8. The Morgan fingerprint density at radius 1 is 1.33 bits per heavy atom. The zero-order valence-electron chi connectivity index (χ0n) is 9.18. The molecule has 0 saturated heterocycles. The number of aromatic nitrogens is 3. The van der Waals surface area contributed by atoms with Crippen molar-refractivity contribution in [2.24, 2.45) is 7.05 Å². The summed E-state index contributed by atoms with van der Waals surface area (Å²) in [6.45, 7) is 1.94. The summed E-state index contributed by atoms with van der Waals surface area (Å²) >= 11 is 1.66. The highest BCUT2D eigenvalue weighted by atomic mass is 32.2. The van der Waals surface area contributed by atoms with E-state index in [2.05, 4.69) is 10.2 Å². The molecule has 1 N–H and O–H groups in total. The van der Waals surface area contributed by atoms with Crippen LogP contribution in [0.15, 0.2) is 5.16 Å². The highest BCUT2D eigenvalue weighted by molar-refractivity contribution is 7.99. The van der Waals surface area contributed by atoms with E-state index in [1.807, 2.05) is 18.5 Å². The van der Waals surface area contributed by atoms with Gasteiger partial charge in [-0.15, -0.1) is 10.2 Å². The van der Waals surface area contributed by atoms with Gasteiger partial charge < -0.3 is 9.67 Å². The van der Waals surface area contributed by atoms with E-state index in [9.17, 15) is 5.11 Å². The van der Waals surface area contributed by atoms with E-state index < -0.39 is 0 Å².